The highest BCUT2D eigenvalue weighted by Crippen LogP contribution is 2.38. The summed E-state index contributed by atoms with van der Waals surface area (Å²) < 4.78 is 33.8. The lowest BCUT2D eigenvalue weighted by Crippen LogP contribution is -2.37. The van der Waals surface area contributed by atoms with Crippen molar-refractivity contribution in [2.45, 2.75) is 200 Å². The van der Waals surface area contributed by atoms with Crippen LogP contribution in [0.25, 0.3) is 0 Å². The Morgan fingerprint density at radius 3 is 1.40 bits per heavy atom. The van der Waals surface area contributed by atoms with Gasteiger partial charge in [-0.3, -0.25) is 14.2 Å². The summed E-state index contributed by atoms with van der Waals surface area (Å²) in [4.78, 5) is 37.5. The van der Waals surface area contributed by atoms with Crippen molar-refractivity contribution in [1.29, 1.82) is 0 Å². The number of esters is 2. The Hall–Kier alpha value is -2.29. The zero-order valence-electron chi connectivity index (χ0n) is 39.1. The first-order chi connectivity index (χ1) is 29.0. The summed E-state index contributed by atoms with van der Waals surface area (Å²) in [5, 5.41) is 0. The van der Waals surface area contributed by atoms with Gasteiger partial charge in [0.1, 0.15) is 19.8 Å². The van der Waals surface area contributed by atoms with Crippen molar-refractivity contribution >= 4 is 19.8 Å². The summed E-state index contributed by atoms with van der Waals surface area (Å²) in [5.41, 5.74) is 0. The van der Waals surface area contributed by atoms with E-state index < -0.39 is 32.5 Å². The predicted molar refractivity (Wildman–Crippen MR) is 250 cm³/mol. The fourth-order valence-electron chi connectivity index (χ4n) is 6.45. The van der Waals surface area contributed by atoms with Crippen LogP contribution in [0.2, 0.25) is 0 Å². The Morgan fingerprint density at radius 1 is 0.533 bits per heavy atom. The van der Waals surface area contributed by atoms with Crippen molar-refractivity contribution in [2.75, 3.05) is 47.5 Å². The van der Waals surface area contributed by atoms with Crippen molar-refractivity contribution in [2.24, 2.45) is 0 Å². The van der Waals surface area contributed by atoms with Gasteiger partial charge in [0.05, 0.1) is 27.7 Å². The third-order valence-electron chi connectivity index (χ3n) is 10.2. The van der Waals surface area contributed by atoms with Crippen LogP contribution in [-0.2, 0) is 32.7 Å². The lowest BCUT2D eigenvalue weighted by molar-refractivity contribution is -0.870. The second-order valence-electron chi connectivity index (χ2n) is 17.2. The zero-order valence-corrected chi connectivity index (χ0v) is 40.0. The van der Waals surface area contributed by atoms with Crippen LogP contribution in [0.3, 0.4) is 0 Å². The number of carbonyl (C=O) groups is 2. The van der Waals surface area contributed by atoms with Crippen molar-refractivity contribution in [3.63, 3.8) is 0 Å². The zero-order chi connectivity index (χ0) is 44.3. The molecular formula is C50H90NO8P. The number of ether oxygens (including phenoxy) is 2. The number of unbranched alkanes of at least 4 members (excludes halogenated alkanes) is 23. The quantitative estimate of drug-likeness (QED) is 0.0196. The summed E-state index contributed by atoms with van der Waals surface area (Å²) in [6.07, 6.45) is 51.4. The SMILES string of the molecule is CC/C=C/C=C/C=C/C=C/C=C/CCCC(=O)OC(COC(=O)CCCCCCCCCCCCCCCCCCCCCCCCC)COP(=O)([O-])OCC[N+](C)(C)C. The first kappa shape index (κ1) is 57.7. The van der Waals surface area contributed by atoms with Crippen LogP contribution in [0, 0.1) is 0 Å². The summed E-state index contributed by atoms with van der Waals surface area (Å²) in [7, 11) is 1.12. The lowest BCUT2D eigenvalue weighted by Gasteiger charge is -2.28. The van der Waals surface area contributed by atoms with Crippen LogP contribution in [0.1, 0.15) is 194 Å². The van der Waals surface area contributed by atoms with Gasteiger partial charge in [-0.1, -0.05) is 216 Å². The van der Waals surface area contributed by atoms with Gasteiger partial charge in [-0.15, -0.1) is 0 Å². The number of allylic oxidation sites excluding steroid dienone is 10. The minimum Gasteiger partial charge on any atom is -0.756 e. The second-order valence-corrected chi connectivity index (χ2v) is 18.6. The number of phosphoric ester groups is 1. The van der Waals surface area contributed by atoms with E-state index in [0.717, 1.165) is 25.7 Å². The minimum absolute atomic E-state index is 0.0457. The van der Waals surface area contributed by atoms with E-state index in [2.05, 4.69) is 19.9 Å². The molecule has 2 unspecified atom stereocenters. The summed E-state index contributed by atoms with van der Waals surface area (Å²) in [6, 6.07) is 0. The minimum atomic E-state index is -4.65. The van der Waals surface area contributed by atoms with Crippen molar-refractivity contribution < 1.29 is 42.1 Å². The molecule has 0 aromatic carbocycles. The molecule has 0 heterocycles. The molecule has 0 radical (unpaired) electrons. The average molecular weight is 864 g/mol. The Kier molecular flexibility index (Phi) is 40.4. The Morgan fingerprint density at radius 2 is 0.950 bits per heavy atom. The topological polar surface area (TPSA) is 111 Å². The van der Waals surface area contributed by atoms with Gasteiger partial charge in [0.25, 0.3) is 7.82 Å². The standard InChI is InChI=1S/C50H90NO8P/c1-6-8-10-12-14-16-18-20-21-22-23-24-25-26-27-28-29-31-32-34-36-38-40-42-49(52)56-46-48(47-58-60(54,55)57-45-44-51(3,4)5)59-50(53)43-41-39-37-35-33-30-19-17-15-13-11-9-7-2/h9,11,13,15,17,19,30,33,35,37,48H,6-8,10,12,14,16,18,20-29,31-32,34,36,38-47H2,1-5H3/b11-9+,15-13+,19-17+,33-30+,37-35+. The molecule has 0 aromatic heterocycles. The molecule has 9 nitrogen and oxygen atoms in total. The van der Waals surface area contributed by atoms with Crippen molar-refractivity contribution in [3.8, 4) is 0 Å². The Balaban J connectivity index is 4.25. The number of nitrogens with zero attached hydrogens (tertiary/aromatic N) is 1. The van der Waals surface area contributed by atoms with Gasteiger partial charge in [-0.25, -0.2) is 0 Å². The molecule has 0 aliphatic heterocycles. The summed E-state index contributed by atoms with van der Waals surface area (Å²) in [6.45, 7) is 4.01. The molecule has 0 spiro atoms. The van der Waals surface area contributed by atoms with E-state index in [1.165, 1.54) is 128 Å². The van der Waals surface area contributed by atoms with Crippen LogP contribution < -0.4 is 4.89 Å². The maximum atomic E-state index is 12.6. The first-order valence-electron chi connectivity index (χ1n) is 24.1. The van der Waals surface area contributed by atoms with Crippen LogP contribution in [0.5, 0.6) is 0 Å². The molecule has 0 saturated heterocycles. The van der Waals surface area contributed by atoms with Gasteiger partial charge in [0.2, 0.25) is 0 Å². The average Bonchev–Trinajstić information content (AvgIpc) is 3.20. The molecule has 60 heavy (non-hydrogen) atoms. The number of carbonyl (C=O) groups excluding carboxylic acids is 2. The molecule has 0 N–H and O–H groups in total. The van der Waals surface area contributed by atoms with Gasteiger partial charge in [-0.2, -0.15) is 0 Å². The normalized spacial score (nSPS) is 14.0. The van der Waals surface area contributed by atoms with E-state index in [1.54, 1.807) is 0 Å². The maximum Gasteiger partial charge on any atom is 0.306 e. The van der Waals surface area contributed by atoms with Gasteiger partial charge >= 0.3 is 11.9 Å². The largest absolute Gasteiger partial charge is 0.756 e. The second kappa shape index (κ2) is 42.0. The number of quaternary nitrogens is 1. The van der Waals surface area contributed by atoms with E-state index in [-0.39, 0.29) is 26.1 Å². The maximum absolute atomic E-state index is 12.6. The van der Waals surface area contributed by atoms with E-state index in [0.29, 0.717) is 23.9 Å². The third kappa shape index (κ3) is 45.2. The summed E-state index contributed by atoms with van der Waals surface area (Å²) in [5.74, 6) is -0.918. The molecular weight excluding hydrogens is 774 g/mol. The number of hydrogen-bond acceptors (Lipinski definition) is 8. The van der Waals surface area contributed by atoms with Crippen LogP contribution in [-0.4, -0.2) is 70.0 Å². The van der Waals surface area contributed by atoms with E-state index in [4.69, 9.17) is 18.5 Å². The van der Waals surface area contributed by atoms with Crippen molar-refractivity contribution in [1.82, 2.24) is 0 Å². The van der Waals surface area contributed by atoms with E-state index in [1.807, 2.05) is 75.8 Å². The smallest absolute Gasteiger partial charge is 0.306 e. The van der Waals surface area contributed by atoms with Gasteiger partial charge in [-0.05, 0) is 25.7 Å². The van der Waals surface area contributed by atoms with Gasteiger partial charge in [0.15, 0.2) is 6.10 Å². The van der Waals surface area contributed by atoms with Crippen LogP contribution >= 0.6 is 7.82 Å². The lowest BCUT2D eigenvalue weighted by atomic mass is 10.0. The molecule has 0 rings (SSSR count). The number of phosphoric acid groups is 1. The Labute approximate surface area is 368 Å². The molecule has 348 valence electrons. The third-order valence-corrected chi connectivity index (χ3v) is 11.1. The highest BCUT2D eigenvalue weighted by atomic mass is 31.2. The molecule has 0 amide bonds. The van der Waals surface area contributed by atoms with Gasteiger partial charge < -0.3 is 27.9 Å². The molecule has 0 bridgehead atoms. The number of hydrogen-bond donors (Lipinski definition) is 0. The molecule has 10 heteroatoms. The van der Waals surface area contributed by atoms with E-state index >= 15 is 0 Å². The number of likely N-dealkylation sites (N-methyl/N-ethyl adjacent to an activating group) is 1. The predicted octanol–water partition coefficient (Wildman–Crippen LogP) is 13.4. The monoisotopic (exact) mass is 864 g/mol. The Bertz CT molecular complexity index is 1210. The fraction of sp³-hybridized carbons (Fsp3) is 0.760. The molecule has 0 aliphatic rings. The molecule has 0 fully saturated rings. The summed E-state index contributed by atoms with van der Waals surface area (Å²) >= 11 is 0. The molecule has 2 atom stereocenters. The van der Waals surface area contributed by atoms with Crippen LogP contribution in [0.4, 0.5) is 0 Å². The highest BCUT2D eigenvalue weighted by Gasteiger charge is 2.21. The van der Waals surface area contributed by atoms with E-state index in [9.17, 15) is 19.0 Å². The van der Waals surface area contributed by atoms with Gasteiger partial charge in [0, 0.05) is 12.8 Å². The molecule has 0 saturated carbocycles. The van der Waals surface area contributed by atoms with Crippen LogP contribution in [0.15, 0.2) is 60.8 Å². The van der Waals surface area contributed by atoms with Crippen molar-refractivity contribution in [3.05, 3.63) is 60.8 Å². The first-order valence-corrected chi connectivity index (χ1v) is 25.5. The highest BCUT2D eigenvalue weighted by molar-refractivity contribution is 7.45. The molecule has 0 aliphatic carbocycles. The number of rotatable bonds is 43. The fourth-order valence-corrected chi connectivity index (χ4v) is 7.18. The molecule has 0 aromatic rings.